The second-order valence-electron chi connectivity index (χ2n) is 10.9. The van der Waals surface area contributed by atoms with E-state index in [2.05, 4.69) is 6.08 Å². The molecule has 0 fully saturated rings. The summed E-state index contributed by atoms with van der Waals surface area (Å²) in [5.41, 5.74) is 6.13. The number of hydrogen-bond acceptors (Lipinski definition) is 8. The predicted octanol–water partition coefficient (Wildman–Crippen LogP) is 11.7. The molecule has 49 heavy (non-hydrogen) atoms. The monoisotopic (exact) mass is 788 g/mol. The molecule has 2 aromatic carbocycles. The lowest BCUT2D eigenvalue weighted by atomic mass is 10.2. The van der Waals surface area contributed by atoms with Gasteiger partial charge in [-0.1, -0.05) is 58.6 Å². The molecule has 8 rings (SSSR count). The van der Waals surface area contributed by atoms with Gasteiger partial charge in [0.25, 0.3) is 0 Å². The van der Waals surface area contributed by atoms with Crippen LogP contribution in [-0.4, -0.2) is 32.5 Å². The Kier molecular flexibility index (Phi) is 8.40. The highest BCUT2D eigenvalue weighted by molar-refractivity contribution is 7.88. The van der Waals surface area contributed by atoms with Gasteiger partial charge in [0.1, 0.15) is 38.3 Å². The minimum absolute atomic E-state index is 0.226. The lowest BCUT2D eigenvalue weighted by Crippen LogP contribution is -1.97. The second-order valence-corrected chi connectivity index (χ2v) is 16.2. The van der Waals surface area contributed by atoms with Gasteiger partial charge < -0.3 is 8.83 Å². The van der Waals surface area contributed by atoms with Crippen molar-refractivity contribution < 1.29 is 21.8 Å². The maximum Gasteiger partial charge on any atom is 0.304 e. The summed E-state index contributed by atoms with van der Waals surface area (Å²) in [5, 5.41) is 13.4. The van der Waals surface area contributed by atoms with Crippen LogP contribution in [0.2, 0.25) is 20.1 Å². The molecular weight excluding hydrogens is 770 g/mol. The molecule has 9 nitrogen and oxygen atoms in total. The first-order chi connectivity index (χ1) is 23.6. The Labute approximate surface area is 305 Å². The fraction of sp³-hybridized carbons (Fsp3) is 0.0909. The molecule has 6 heterocycles. The van der Waals surface area contributed by atoms with Crippen molar-refractivity contribution in [3.05, 3.63) is 97.5 Å². The summed E-state index contributed by atoms with van der Waals surface area (Å²) in [7, 11) is -4.41. The molecule has 0 aliphatic rings. The van der Waals surface area contributed by atoms with Crippen molar-refractivity contribution in [3.8, 4) is 11.4 Å². The van der Waals surface area contributed by atoms with E-state index in [0.717, 1.165) is 46.4 Å². The smallest absolute Gasteiger partial charge is 0.304 e. The number of aromatic nitrogens is 4. The van der Waals surface area contributed by atoms with Crippen molar-refractivity contribution in [2.24, 2.45) is 0 Å². The van der Waals surface area contributed by atoms with Crippen molar-refractivity contribution >= 4 is 134 Å². The average Bonchev–Trinajstić information content (AvgIpc) is 3.86. The number of nitrogens with zero attached hydrogens (tertiary/aromatic N) is 4. The SMILES string of the molecule is O=S(=O)(O)c1cc2oc3c(/C=C/CCC/C=C/c4nn(-c5ccc(Cl)cc5Cl)c5c4oc4ccsc45)nn(-c4ccc(Cl)cc4Cl)c3c2s1. The van der Waals surface area contributed by atoms with Crippen LogP contribution in [0, 0.1) is 0 Å². The summed E-state index contributed by atoms with van der Waals surface area (Å²) in [4.78, 5) is 0. The quantitative estimate of drug-likeness (QED) is 0.114. The van der Waals surface area contributed by atoms with E-state index in [-0.39, 0.29) is 4.21 Å². The number of benzene rings is 2. The summed E-state index contributed by atoms with van der Waals surface area (Å²) >= 11 is 27.8. The number of unbranched alkanes of at least 4 members (excludes halogenated alkanes) is 2. The van der Waals surface area contributed by atoms with Crippen LogP contribution in [0.1, 0.15) is 30.7 Å². The second kappa shape index (κ2) is 12.6. The number of hydrogen-bond donors (Lipinski definition) is 1. The fourth-order valence-corrected chi connectivity index (χ4v) is 9.14. The van der Waals surface area contributed by atoms with Crippen LogP contribution in [0.4, 0.5) is 0 Å². The van der Waals surface area contributed by atoms with Gasteiger partial charge >= 0.3 is 10.1 Å². The van der Waals surface area contributed by atoms with Gasteiger partial charge in [0.05, 0.1) is 26.1 Å². The van der Waals surface area contributed by atoms with E-state index >= 15 is 0 Å². The van der Waals surface area contributed by atoms with Gasteiger partial charge in [-0.25, -0.2) is 9.36 Å². The van der Waals surface area contributed by atoms with Crippen molar-refractivity contribution in [1.82, 2.24) is 19.6 Å². The largest absolute Gasteiger partial charge is 0.451 e. The highest BCUT2D eigenvalue weighted by atomic mass is 35.5. The molecule has 0 atom stereocenters. The van der Waals surface area contributed by atoms with Gasteiger partial charge in [0.2, 0.25) is 0 Å². The van der Waals surface area contributed by atoms with Crippen LogP contribution in [-0.2, 0) is 10.1 Å². The molecule has 0 aliphatic carbocycles. The Morgan fingerprint density at radius 2 is 1.31 bits per heavy atom. The van der Waals surface area contributed by atoms with E-state index in [1.807, 2.05) is 35.7 Å². The van der Waals surface area contributed by atoms with E-state index in [1.165, 1.54) is 6.07 Å². The lowest BCUT2D eigenvalue weighted by molar-refractivity contribution is 0.485. The summed E-state index contributed by atoms with van der Waals surface area (Å²) < 4.78 is 50.1. The molecule has 0 radical (unpaired) electrons. The van der Waals surface area contributed by atoms with Crippen molar-refractivity contribution in [3.63, 3.8) is 0 Å². The first kappa shape index (κ1) is 32.6. The van der Waals surface area contributed by atoms with E-state index in [0.29, 0.717) is 69.8 Å². The average molecular weight is 791 g/mol. The molecule has 0 aliphatic heterocycles. The molecule has 248 valence electrons. The number of thiophene rings is 2. The molecule has 8 aromatic rings. The summed E-state index contributed by atoms with van der Waals surface area (Å²) in [5.74, 6) is 0. The zero-order valence-corrected chi connectivity index (χ0v) is 30.2. The Hall–Kier alpha value is -3.59. The van der Waals surface area contributed by atoms with Gasteiger partial charge in [-0.3, -0.25) is 4.55 Å². The third-order valence-electron chi connectivity index (χ3n) is 7.72. The third-order valence-corrected chi connectivity index (χ3v) is 12.1. The molecular formula is C33H20Cl4N4O5S3. The Bertz CT molecular complexity index is 2750. The fourth-order valence-electron chi connectivity index (χ4n) is 5.55. The molecule has 6 aromatic heterocycles. The molecule has 0 saturated carbocycles. The zero-order chi connectivity index (χ0) is 34.0. The van der Waals surface area contributed by atoms with Crippen molar-refractivity contribution in [2.75, 3.05) is 0 Å². The number of allylic oxidation sites excluding steroid dienone is 2. The Balaban J connectivity index is 1.04. The normalized spacial score (nSPS) is 12.8. The van der Waals surface area contributed by atoms with Crippen molar-refractivity contribution in [1.29, 1.82) is 0 Å². The van der Waals surface area contributed by atoms with Crippen LogP contribution in [0.25, 0.3) is 66.3 Å². The van der Waals surface area contributed by atoms with Gasteiger partial charge in [0.15, 0.2) is 15.4 Å². The molecule has 1 N–H and O–H groups in total. The minimum atomic E-state index is -4.41. The summed E-state index contributed by atoms with van der Waals surface area (Å²) in [6, 6.07) is 13.6. The van der Waals surface area contributed by atoms with Crippen LogP contribution >= 0.6 is 69.1 Å². The summed E-state index contributed by atoms with van der Waals surface area (Å²) in [6.45, 7) is 0. The Morgan fingerprint density at radius 1 is 0.755 bits per heavy atom. The molecule has 16 heteroatoms. The van der Waals surface area contributed by atoms with Gasteiger partial charge in [-0.2, -0.15) is 18.6 Å². The van der Waals surface area contributed by atoms with E-state index in [4.69, 9.17) is 65.4 Å². The molecule has 0 unspecified atom stereocenters. The Morgan fingerprint density at radius 3 is 1.86 bits per heavy atom. The predicted molar refractivity (Wildman–Crippen MR) is 199 cm³/mol. The number of furan rings is 2. The topological polar surface area (TPSA) is 116 Å². The number of fused-ring (bicyclic) bond motifs is 6. The first-order valence-corrected chi connectivity index (χ1v) is 19.3. The maximum atomic E-state index is 11.8. The van der Waals surface area contributed by atoms with Crippen LogP contribution in [0.3, 0.4) is 0 Å². The van der Waals surface area contributed by atoms with E-state index in [1.54, 1.807) is 51.0 Å². The molecule has 0 saturated heterocycles. The third kappa shape index (κ3) is 5.89. The highest BCUT2D eigenvalue weighted by Gasteiger charge is 2.25. The minimum Gasteiger partial charge on any atom is -0.451 e. The highest BCUT2D eigenvalue weighted by Crippen LogP contribution is 2.41. The molecule has 0 spiro atoms. The lowest BCUT2D eigenvalue weighted by Gasteiger charge is -2.05. The molecule has 0 amide bonds. The van der Waals surface area contributed by atoms with Crippen molar-refractivity contribution in [2.45, 2.75) is 23.5 Å². The zero-order valence-electron chi connectivity index (χ0n) is 24.7. The summed E-state index contributed by atoms with van der Waals surface area (Å²) in [6.07, 6.45) is 10.2. The molecule has 0 bridgehead atoms. The van der Waals surface area contributed by atoms with Gasteiger partial charge in [-0.15, -0.1) is 22.7 Å². The van der Waals surface area contributed by atoms with E-state index < -0.39 is 10.1 Å². The number of rotatable bonds is 9. The van der Waals surface area contributed by atoms with Gasteiger partial charge in [0, 0.05) is 16.1 Å². The van der Waals surface area contributed by atoms with E-state index in [9.17, 15) is 13.0 Å². The van der Waals surface area contributed by atoms with Gasteiger partial charge in [-0.05, 0) is 79.3 Å². The van der Waals surface area contributed by atoms with Crippen LogP contribution in [0.15, 0.2) is 79.1 Å². The standard InChI is InChI=1S/C33H20Cl4N4O5S3/c34-17-8-10-23(19(36)14-17)40-28-30(45-25-12-13-47-32(25)28)21(38-40)6-4-2-1-3-5-7-22-31-29(33-26(46-31)16-27(48-33)49(42,43)44)41(39-22)24-11-9-18(35)15-20(24)37/h4-16H,1-3H2,(H,42,43,44)/b6-4+,7-5+. The maximum absolute atomic E-state index is 11.8. The van der Waals surface area contributed by atoms with Crippen LogP contribution < -0.4 is 0 Å². The van der Waals surface area contributed by atoms with Crippen LogP contribution in [0.5, 0.6) is 0 Å². The first-order valence-electron chi connectivity index (χ1n) is 14.6. The number of halogens is 4.